The molecular formula is C25H20FN3O3S. The van der Waals surface area contributed by atoms with Gasteiger partial charge in [0.15, 0.2) is 0 Å². The fourth-order valence-corrected chi connectivity index (χ4v) is 4.83. The summed E-state index contributed by atoms with van der Waals surface area (Å²) in [5, 5.41) is 5.95. The van der Waals surface area contributed by atoms with E-state index in [-0.39, 0.29) is 10.6 Å². The largest absolute Gasteiger partial charge is 0.271 e. The van der Waals surface area contributed by atoms with Gasteiger partial charge in [0.1, 0.15) is 12.4 Å². The van der Waals surface area contributed by atoms with Crippen molar-refractivity contribution in [2.75, 3.05) is 10.8 Å². The topological polar surface area (TPSA) is 78.8 Å². The highest BCUT2D eigenvalue weighted by molar-refractivity contribution is 7.92. The van der Waals surface area contributed by atoms with Crippen molar-refractivity contribution in [2.45, 2.75) is 4.90 Å². The lowest BCUT2D eigenvalue weighted by molar-refractivity contribution is -0.119. The van der Waals surface area contributed by atoms with Gasteiger partial charge in [0.05, 0.1) is 16.8 Å². The van der Waals surface area contributed by atoms with Crippen molar-refractivity contribution >= 4 is 38.6 Å². The molecule has 0 aliphatic carbocycles. The summed E-state index contributed by atoms with van der Waals surface area (Å²) in [5.41, 5.74) is 2.90. The first-order chi connectivity index (χ1) is 16.0. The monoisotopic (exact) mass is 461 g/mol. The third-order valence-corrected chi connectivity index (χ3v) is 6.73. The van der Waals surface area contributed by atoms with E-state index in [0.717, 1.165) is 26.7 Å². The molecule has 6 nitrogen and oxygen atoms in total. The molecule has 0 heterocycles. The number of nitrogens with zero attached hydrogens (tertiary/aromatic N) is 2. The van der Waals surface area contributed by atoms with Crippen LogP contribution in [-0.4, -0.2) is 27.1 Å². The predicted octanol–water partition coefficient (Wildman–Crippen LogP) is 4.32. The van der Waals surface area contributed by atoms with Gasteiger partial charge in [-0.15, -0.1) is 0 Å². The van der Waals surface area contributed by atoms with Crippen LogP contribution in [0.25, 0.3) is 10.8 Å². The Labute approximate surface area is 191 Å². The molecule has 1 amide bonds. The number of hydrogen-bond acceptors (Lipinski definition) is 4. The minimum Gasteiger partial charge on any atom is -0.271 e. The SMILES string of the molecule is O=C(CN(c1ccccc1F)S(=O)(=O)c1ccccc1)N/N=C\c1cccc2ccccc12. The van der Waals surface area contributed by atoms with Gasteiger partial charge in [0.2, 0.25) is 0 Å². The molecule has 0 aromatic heterocycles. The molecule has 166 valence electrons. The van der Waals surface area contributed by atoms with E-state index in [9.17, 15) is 17.6 Å². The van der Waals surface area contributed by atoms with Gasteiger partial charge in [-0.3, -0.25) is 9.10 Å². The normalized spacial score (nSPS) is 11.5. The van der Waals surface area contributed by atoms with Crippen LogP contribution >= 0.6 is 0 Å². The minimum atomic E-state index is -4.20. The van der Waals surface area contributed by atoms with Crippen LogP contribution in [0.1, 0.15) is 5.56 Å². The number of halogens is 1. The van der Waals surface area contributed by atoms with Gasteiger partial charge in [-0.1, -0.05) is 72.8 Å². The summed E-state index contributed by atoms with van der Waals surface area (Å²) in [4.78, 5) is 12.6. The molecule has 0 atom stereocenters. The number of benzene rings is 4. The molecule has 0 saturated heterocycles. The molecule has 0 bridgehead atoms. The molecule has 0 aliphatic rings. The Morgan fingerprint density at radius 3 is 2.33 bits per heavy atom. The average molecular weight is 462 g/mol. The number of anilines is 1. The number of nitrogens with one attached hydrogen (secondary N) is 1. The number of hydrazone groups is 1. The average Bonchev–Trinajstić information content (AvgIpc) is 2.84. The number of fused-ring (bicyclic) bond motifs is 1. The third-order valence-electron chi connectivity index (χ3n) is 4.96. The van der Waals surface area contributed by atoms with E-state index in [0.29, 0.717) is 0 Å². The lowest BCUT2D eigenvalue weighted by Gasteiger charge is -2.24. The molecule has 0 saturated carbocycles. The maximum atomic E-state index is 14.5. The Morgan fingerprint density at radius 2 is 1.55 bits per heavy atom. The first-order valence-electron chi connectivity index (χ1n) is 10.1. The van der Waals surface area contributed by atoms with Crippen LogP contribution in [0.15, 0.2) is 107 Å². The van der Waals surface area contributed by atoms with E-state index in [1.165, 1.54) is 36.5 Å². The Hall–Kier alpha value is -4.04. The lowest BCUT2D eigenvalue weighted by Crippen LogP contribution is -2.40. The molecule has 4 rings (SSSR count). The minimum absolute atomic E-state index is 0.0553. The second-order valence-electron chi connectivity index (χ2n) is 7.14. The van der Waals surface area contributed by atoms with Crippen molar-refractivity contribution in [1.82, 2.24) is 5.43 Å². The molecule has 4 aromatic carbocycles. The van der Waals surface area contributed by atoms with Crippen molar-refractivity contribution in [1.29, 1.82) is 0 Å². The fraction of sp³-hybridized carbons (Fsp3) is 0.0400. The van der Waals surface area contributed by atoms with Crippen molar-refractivity contribution in [3.05, 3.63) is 108 Å². The van der Waals surface area contributed by atoms with Crippen LogP contribution in [-0.2, 0) is 14.8 Å². The molecule has 8 heteroatoms. The van der Waals surface area contributed by atoms with Crippen LogP contribution in [0.2, 0.25) is 0 Å². The van der Waals surface area contributed by atoms with Gasteiger partial charge < -0.3 is 0 Å². The molecule has 0 spiro atoms. The van der Waals surface area contributed by atoms with Gasteiger partial charge in [-0.2, -0.15) is 5.10 Å². The summed E-state index contributed by atoms with van der Waals surface area (Å²) in [6.07, 6.45) is 1.49. The van der Waals surface area contributed by atoms with E-state index in [4.69, 9.17) is 0 Å². The summed E-state index contributed by atoms with van der Waals surface area (Å²) in [5.74, 6) is -1.47. The second kappa shape index (κ2) is 9.62. The van der Waals surface area contributed by atoms with Crippen molar-refractivity contribution < 1.29 is 17.6 Å². The van der Waals surface area contributed by atoms with E-state index in [1.807, 2.05) is 42.5 Å². The highest BCUT2D eigenvalue weighted by atomic mass is 32.2. The third kappa shape index (κ3) is 4.91. The zero-order valence-electron chi connectivity index (χ0n) is 17.4. The van der Waals surface area contributed by atoms with Crippen molar-refractivity contribution in [3.63, 3.8) is 0 Å². The molecule has 0 fully saturated rings. The van der Waals surface area contributed by atoms with Gasteiger partial charge in [0, 0.05) is 5.56 Å². The lowest BCUT2D eigenvalue weighted by atomic mass is 10.1. The fourth-order valence-electron chi connectivity index (χ4n) is 3.38. The zero-order valence-corrected chi connectivity index (χ0v) is 18.2. The molecule has 1 N–H and O–H groups in total. The van der Waals surface area contributed by atoms with E-state index in [2.05, 4.69) is 10.5 Å². The zero-order chi connectivity index (χ0) is 23.3. The highest BCUT2D eigenvalue weighted by Crippen LogP contribution is 2.26. The Kier molecular flexibility index (Phi) is 6.46. The highest BCUT2D eigenvalue weighted by Gasteiger charge is 2.28. The predicted molar refractivity (Wildman–Crippen MR) is 127 cm³/mol. The molecular weight excluding hydrogens is 441 g/mol. The molecule has 33 heavy (non-hydrogen) atoms. The molecule has 0 unspecified atom stereocenters. The first kappa shape index (κ1) is 22.2. The van der Waals surface area contributed by atoms with Crippen LogP contribution in [0.5, 0.6) is 0 Å². The smallest absolute Gasteiger partial charge is 0.264 e. The van der Waals surface area contributed by atoms with Gasteiger partial charge in [-0.25, -0.2) is 18.2 Å². The van der Waals surface area contributed by atoms with Crippen LogP contribution in [0.4, 0.5) is 10.1 Å². The van der Waals surface area contributed by atoms with E-state index < -0.39 is 28.3 Å². The molecule has 0 radical (unpaired) electrons. The Morgan fingerprint density at radius 1 is 0.879 bits per heavy atom. The van der Waals surface area contributed by atoms with E-state index in [1.54, 1.807) is 18.2 Å². The summed E-state index contributed by atoms with van der Waals surface area (Å²) in [6.45, 7) is -0.648. The Bertz CT molecular complexity index is 1420. The van der Waals surface area contributed by atoms with Gasteiger partial charge in [0.25, 0.3) is 15.9 Å². The summed E-state index contributed by atoms with van der Waals surface area (Å²) < 4.78 is 41.6. The summed E-state index contributed by atoms with van der Waals surface area (Å²) >= 11 is 0. The number of carbonyl (C=O) groups excluding carboxylic acids is 1. The Balaban J connectivity index is 1.58. The summed E-state index contributed by atoms with van der Waals surface area (Å²) in [7, 11) is -4.20. The van der Waals surface area contributed by atoms with Crippen LogP contribution < -0.4 is 9.73 Å². The number of rotatable bonds is 7. The second-order valence-corrected chi connectivity index (χ2v) is 9.00. The van der Waals surface area contributed by atoms with Crippen LogP contribution in [0, 0.1) is 5.82 Å². The maximum Gasteiger partial charge on any atom is 0.264 e. The number of hydrogen-bond donors (Lipinski definition) is 1. The standard InChI is InChI=1S/C25H20FN3O3S/c26-23-15-6-7-16-24(23)29(33(31,32)21-12-2-1-3-13-21)18-25(30)28-27-17-20-11-8-10-19-9-4-5-14-22(19)20/h1-17H,18H2,(H,28,30)/b27-17-. The quantitative estimate of drug-likeness (QED) is 0.329. The number of sulfonamides is 1. The molecule has 0 aliphatic heterocycles. The molecule has 4 aromatic rings. The summed E-state index contributed by atoms with van der Waals surface area (Å²) in [6, 6.07) is 26.4. The van der Waals surface area contributed by atoms with Crippen molar-refractivity contribution in [2.24, 2.45) is 5.10 Å². The van der Waals surface area contributed by atoms with Crippen molar-refractivity contribution in [3.8, 4) is 0 Å². The van der Waals surface area contributed by atoms with E-state index >= 15 is 0 Å². The number of para-hydroxylation sites is 1. The number of amides is 1. The number of carbonyl (C=O) groups is 1. The maximum absolute atomic E-state index is 14.5. The van der Waals surface area contributed by atoms with Crippen LogP contribution in [0.3, 0.4) is 0 Å². The first-order valence-corrected chi connectivity index (χ1v) is 11.5. The van der Waals surface area contributed by atoms with Gasteiger partial charge >= 0.3 is 0 Å². The van der Waals surface area contributed by atoms with Gasteiger partial charge in [-0.05, 0) is 35.0 Å².